The van der Waals surface area contributed by atoms with Gasteiger partial charge in [-0.25, -0.2) is 9.59 Å². The van der Waals surface area contributed by atoms with Crippen molar-refractivity contribution in [3.05, 3.63) is 35.9 Å². The lowest BCUT2D eigenvalue weighted by molar-refractivity contribution is -0.142. The zero-order valence-corrected chi connectivity index (χ0v) is 16.4. The van der Waals surface area contributed by atoms with Crippen LogP contribution >= 0.6 is 0 Å². The van der Waals surface area contributed by atoms with Gasteiger partial charge >= 0.3 is 12.1 Å². The lowest BCUT2D eigenvalue weighted by Gasteiger charge is -2.23. The molecule has 0 aromatic heterocycles. The fourth-order valence-corrected chi connectivity index (χ4v) is 2.59. The van der Waals surface area contributed by atoms with Crippen LogP contribution in [-0.4, -0.2) is 46.4 Å². The molecule has 0 spiro atoms. The number of nitrogens with one attached hydrogen (secondary N) is 2. The molecule has 4 N–H and O–H groups in total. The van der Waals surface area contributed by atoms with E-state index in [0.29, 0.717) is 6.42 Å². The normalized spacial score (nSPS) is 13.8. The number of carboxylic acids is 1. The van der Waals surface area contributed by atoms with Crippen molar-refractivity contribution in [3.8, 4) is 0 Å². The second kappa shape index (κ2) is 12.7. The summed E-state index contributed by atoms with van der Waals surface area (Å²) < 4.78 is 5.05. The van der Waals surface area contributed by atoms with Crippen molar-refractivity contribution in [2.45, 2.75) is 70.7 Å². The van der Waals surface area contributed by atoms with E-state index < -0.39 is 36.2 Å². The van der Waals surface area contributed by atoms with Gasteiger partial charge in [-0.3, -0.25) is 4.79 Å². The molecular formula is C20H30N2O6. The van der Waals surface area contributed by atoms with Gasteiger partial charge in [-0.1, -0.05) is 62.9 Å². The number of alkyl carbamates (subject to hydrolysis) is 1. The topological polar surface area (TPSA) is 125 Å². The molecule has 1 rings (SSSR count). The molecule has 1 aromatic carbocycles. The molecule has 0 aliphatic carbocycles. The van der Waals surface area contributed by atoms with Gasteiger partial charge in [0, 0.05) is 0 Å². The molecule has 156 valence electrons. The summed E-state index contributed by atoms with van der Waals surface area (Å²) in [5.41, 5.74) is 0.772. The Morgan fingerprint density at radius 1 is 1.07 bits per heavy atom. The summed E-state index contributed by atoms with van der Waals surface area (Å²) in [5.74, 6) is -1.92. The van der Waals surface area contributed by atoms with E-state index in [1.165, 1.54) is 6.92 Å². The predicted octanol–water partition coefficient (Wildman–Crippen LogP) is 2.20. The number of aliphatic hydroxyl groups excluding tert-OH is 1. The maximum Gasteiger partial charge on any atom is 0.408 e. The van der Waals surface area contributed by atoms with E-state index in [-0.39, 0.29) is 13.0 Å². The molecule has 2 amide bonds. The third kappa shape index (κ3) is 8.85. The minimum atomic E-state index is -1.32. The van der Waals surface area contributed by atoms with Crippen molar-refractivity contribution in [1.82, 2.24) is 10.6 Å². The number of carbonyl (C=O) groups excluding carboxylic acids is 2. The first-order chi connectivity index (χ1) is 13.3. The van der Waals surface area contributed by atoms with Gasteiger partial charge in [0.15, 0.2) is 0 Å². The summed E-state index contributed by atoms with van der Waals surface area (Å²) in [6, 6.07) is 6.60. The molecule has 8 nitrogen and oxygen atoms in total. The van der Waals surface area contributed by atoms with E-state index in [1.807, 2.05) is 13.0 Å². The highest BCUT2D eigenvalue weighted by Gasteiger charge is 2.29. The van der Waals surface area contributed by atoms with Crippen molar-refractivity contribution in [2.24, 2.45) is 0 Å². The largest absolute Gasteiger partial charge is 0.480 e. The summed E-state index contributed by atoms with van der Waals surface area (Å²) >= 11 is 0. The predicted molar refractivity (Wildman–Crippen MR) is 104 cm³/mol. The summed E-state index contributed by atoms with van der Waals surface area (Å²) in [6.07, 6.45) is 1.73. The molecule has 8 heteroatoms. The molecule has 1 aromatic rings. The standard InChI is InChI=1S/C20H30N2O6/c1-3-4-5-9-12-16(19(25)26)21-18(24)17(14(2)23)22-20(27)28-13-15-10-7-6-8-11-15/h6-8,10-11,14,16-17,23H,3-5,9,12-13H2,1-2H3,(H,21,24)(H,22,27)(H,25,26)/t14-,16+,17+/m1/s1. The van der Waals surface area contributed by atoms with Gasteiger partial charge in [-0.2, -0.15) is 0 Å². The van der Waals surface area contributed by atoms with Gasteiger partial charge in [-0.05, 0) is 18.9 Å². The summed E-state index contributed by atoms with van der Waals surface area (Å²) in [7, 11) is 0. The molecule has 0 unspecified atom stereocenters. The van der Waals surface area contributed by atoms with Crippen molar-refractivity contribution >= 4 is 18.0 Å². The first kappa shape index (κ1) is 23.4. The van der Waals surface area contributed by atoms with Crippen LogP contribution < -0.4 is 10.6 Å². The van der Waals surface area contributed by atoms with Crippen LogP contribution in [0.4, 0.5) is 4.79 Å². The monoisotopic (exact) mass is 394 g/mol. The lowest BCUT2D eigenvalue weighted by Crippen LogP contribution is -2.55. The fourth-order valence-electron chi connectivity index (χ4n) is 2.59. The summed E-state index contributed by atoms with van der Waals surface area (Å²) in [5, 5.41) is 23.8. The van der Waals surface area contributed by atoms with Gasteiger partial charge in [0.25, 0.3) is 0 Å². The number of aliphatic hydroxyl groups is 1. The average molecular weight is 394 g/mol. The van der Waals surface area contributed by atoms with Crippen LogP contribution in [0.5, 0.6) is 0 Å². The molecule has 0 saturated carbocycles. The Morgan fingerprint density at radius 2 is 1.75 bits per heavy atom. The number of benzene rings is 1. The number of hydrogen-bond donors (Lipinski definition) is 4. The number of carbonyl (C=O) groups is 3. The van der Waals surface area contributed by atoms with E-state index in [9.17, 15) is 24.6 Å². The van der Waals surface area contributed by atoms with Gasteiger partial charge in [0.1, 0.15) is 18.7 Å². The highest BCUT2D eigenvalue weighted by atomic mass is 16.5. The second-order valence-corrected chi connectivity index (χ2v) is 6.67. The van der Waals surface area contributed by atoms with Crippen molar-refractivity contribution in [3.63, 3.8) is 0 Å². The molecule has 0 bridgehead atoms. The van der Waals surface area contributed by atoms with Crippen LogP contribution in [0.2, 0.25) is 0 Å². The van der Waals surface area contributed by atoms with Crippen molar-refractivity contribution in [2.75, 3.05) is 0 Å². The Morgan fingerprint density at radius 3 is 2.32 bits per heavy atom. The number of unbranched alkanes of at least 4 members (excludes halogenated alkanes) is 3. The zero-order chi connectivity index (χ0) is 20.9. The number of carboxylic acid groups (broad SMARTS) is 1. The Kier molecular flexibility index (Phi) is 10.6. The van der Waals surface area contributed by atoms with Gasteiger partial charge in [-0.15, -0.1) is 0 Å². The maximum absolute atomic E-state index is 12.4. The van der Waals surface area contributed by atoms with E-state index in [2.05, 4.69) is 10.6 Å². The number of ether oxygens (including phenoxy) is 1. The van der Waals surface area contributed by atoms with Gasteiger partial charge in [0.05, 0.1) is 6.10 Å². The Hall–Kier alpha value is -2.61. The number of rotatable bonds is 12. The second-order valence-electron chi connectivity index (χ2n) is 6.67. The molecule has 0 fully saturated rings. The van der Waals surface area contributed by atoms with Crippen LogP contribution in [0.25, 0.3) is 0 Å². The van der Waals surface area contributed by atoms with Crippen molar-refractivity contribution in [1.29, 1.82) is 0 Å². The Balaban J connectivity index is 2.58. The highest BCUT2D eigenvalue weighted by Crippen LogP contribution is 2.07. The lowest BCUT2D eigenvalue weighted by atomic mass is 10.1. The number of hydrogen-bond acceptors (Lipinski definition) is 5. The minimum absolute atomic E-state index is 0.00992. The zero-order valence-electron chi connectivity index (χ0n) is 16.4. The molecular weight excluding hydrogens is 364 g/mol. The third-order valence-corrected chi connectivity index (χ3v) is 4.21. The number of aliphatic carboxylic acids is 1. The SMILES string of the molecule is CCCCCC[C@H](NC(=O)[C@@H](NC(=O)OCc1ccccc1)[C@@H](C)O)C(=O)O. The maximum atomic E-state index is 12.4. The molecule has 3 atom stereocenters. The molecule has 0 heterocycles. The average Bonchev–Trinajstić information content (AvgIpc) is 2.67. The first-order valence-electron chi connectivity index (χ1n) is 9.53. The van der Waals surface area contributed by atoms with Crippen molar-refractivity contribution < 1.29 is 29.3 Å². The van der Waals surface area contributed by atoms with E-state index in [1.54, 1.807) is 24.3 Å². The van der Waals surface area contributed by atoms with E-state index in [0.717, 1.165) is 24.8 Å². The Bertz CT molecular complexity index is 620. The van der Waals surface area contributed by atoms with Crippen LogP contribution in [0.15, 0.2) is 30.3 Å². The quantitative estimate of drug-likeness (QED) is 0.403. The van der Waals surface area contributed by atoms with Crippen LogP contribution in [0, 0.1) is 0 Å². The van der Waals surface area contributed by atoms with Gasteiger partial charge in [0.2, 0.25) is 5.91 Å². The molecule has 0 aliphatic heterocycles. The van der Waals surface area contributed by atoms with E-state index >= 15 is 0 Å². The molecule has 0 aliphatic rings. The molecule has 0 saturated heterocycles. The minimum Gasteiger partial charge on any atom is -0.480 e. The molecule has 28 heavy (non-hydrogen) atoms. The highest BCUT2D eigenvalue weighted by molar-refractivity contribution is 5.89. The smallest absolute Gasteiger partial charge is 0.408 e. The third-order valence-electron chi connectivity index (χ3n) is 4.21. The van der Waals surface area contributed by atoms with Gasteiger partial charge < -0.3 is 25.6 Å². The summed E-state index contributed by atoms with van der Waals surface area (Å²) in [4.78, 5) is 35.7. The summed E-state index contributed by atoms with van der Waals surface area (Å²) in [6.45, 7) is 3.39. The fraction of sp³-hybridized carbons (Fsp3) is 0.550. The number of amides is 2. The van der Waals surface area contributed by atoms with Crippen LogP contribution in [0.3, 0.4) is 0 Å². The molecule has 0 radical (unpaired) electrons. The van der Waals surface area contributed by atoms with Crippen LogP contribution in [-0.2, 0) is 20.9 Å². The van der Waals surface area contributed by atoms with E-state index in [4.69, 9.17) is 4.74 Å². The Labute approximate surface area is 165 Å². The van der Waals surface area contributed by atoms with Crippen LogP contribution in [0.1, 0.15) is 51.5 Å². The first-order valence-corrected chi connectivity index (χ1v) is 9.53.